The molecule has 1 saturated heterocycles. The minimum absolute atomic E-state index is 0. The molecule has 0 radical (unpaired) electrons. The summed E-state index contributed by atoms with van der Waals surface area (Å²) in [4.78, 5) is 19.0. The number of morpholine rings is 1. The third-order valence-corrected chi connectivity index (χ3v) is 6.07. The first-order valence-electron chi connectivity index (χ1n) is 9.19. The summed E-state index contributed by atoms with van der Waals surface area (Å²) in [5, 5.41) is 4.13. The Morgan fingerprint density at radius 1 is 1.23 bits per heavy atom. The van der Waals surface area contributed by atoms with Gasteiger partial charge in [-0.3, -0.25) is 9.48 Å². The van der Waals surface area contributed by atoms with E-state index >= 15 is 0 Å². The van der Waals surface area contributed by atoms with Crippen LogP contribution in [0.15, 0.2) is 12.7 Å². The molecule has 1 aromatic rings. The normalized spacial score (nSPS) is 33.7. The number of ether oxygens (including phenoxy) is 1. The van der Waals surface area contributed by atoms with Crippen LogP contribution in [-0.4, -0.2) is 57.4 Å². The summed E-state index contributed by atoms with van der Waals surface area (Å²) < 4.78 is 7.57. The van der Waals surface area contributed by atoms with Gasteiger partial charge >= 0.3 is 0 Å². The first-order chi connectivity index (χ1) is 11.7. The monoisotopic (exact) mass is 405 g/mol. The molecule has 148 valence electrons. The number of amides is 1. The molecular weight excluding hydrogens is 377 g/mol. The van der Waals surface area contributed by atoms with E-state index in [0.29, 0.717) is 50.0 Å². The molecule has 3 aliphatic rings. The maximum Gasteiger partial charge on any atom is 0.225 e. The van der Waals surface area contributed by atoms with Crippen molar-refractivity contribution in [2.45, 2.75) is 50.8 Å². The van der Waals surface area contributed by atoms with Crippen molar-refractivity contribution in [2.24, 2.45) is 23.5 Å². The lowest BCUT2D eigenvalue weighted by molar-refractivity contribution is -0.146. The van der Waals surface area contributed by atoms with Crippen LogP contribution >= 0.6 is 24.8 Å². The van der Waals surface area contributed by atoms with Crippen molar-refractivity contribution in [3.8, 4) is 0 Å². The first-order valence-corrected chi connectivity index (χ1v) is 9.19. The van der Waals surface area contributed by atoms with E-state index in [-0.39, 0.29) is 36.8 Å². The molecule has 2 N–H and O–H groups in total. The molecule has 3 fully saturated rings. The van der Waals surface area contributed by atoms with E-state index in [1.807, 2.05) is 4.90 Å². The van der Waals surface area contributed by atoms with Crippen molar-refractivity contribution in [1.82, 2.24) is 19.7 Å². The second-order valence-electron chi connectivity index (χ2n) is 7.59. The highest BCUT2D eigenvalue weighted by Gasteiger charge is 2.42. The van der Waals surface area contributed by atoms with Crippen LogP contribution in [0.4, 0.5) is 0 Å². The van der Waals surface area contributed by atoms with Gasteiger partial charge in [-0.1, -0.05) is 6.42 Å². The van der Waals surface area contributed by atoms with Gasteiger partial charge in [-0.25, -0.2) is 4.98 Å². The predicted molar refractivity (Wildman–Crippen MR) is 102 cm³/mol. The van der Waals surface area contributed by atoms with E-state index in [1.165, 1.54) is 25.6 Å². The number of hydrogen-bond donors (Lipinski definition) is 1. The summed E-state index contributed by atoms with van der Waals surface area (Å²) in [5.41, 5.74) is 6.36. The molecular formula is C17H29Cl2N5O2. The molecule has 2 aliphatic carbocycles. The number of halogens is 2. The van der Waals surface area contributed by atoms with Crippen LogP contribution in [0, 0.1) is 17.8 Å². The van der Waals surface area contributed by atoms with Gasteiger partial charge in [0.2, 0.25) is 5.91 Å². The molecule has 1 aromatic heterocycles. The Balaban J connectivity index is 0.00000121. The molecule has 0 aromatic carbocycles. The lowest BCUT2D eigenvalue weighted by atomic mass is 9.65. The minimum atomic E-state index is -0.00486. The van der Waals surface area contributed by atoms with E-state index in [1.54, 1.807) is 11.0 Å². The number of nitrogens with zero attached hydrogens (tertiary/aromatic N) is 4. The van der Waals surface area contributed by atoms with Gasteiger partial charge in [0.1, 0.15) is 12.7 Å². The summed E-state index contributed by atoms with van der Waals surface area (Å²) in [6.45, 7) is 2.59. The first kappa shape index (κ1) is 21.4. The zero-order valence-corrected chi connectivity index (χ0v) is 16.5. The zero-order chi connectivity index (χ0) is 16.5. The van der Waals surface area contributed by atoms with Crippen LogP contribution in [-0.2, 0) is 16.1 Å². The Bertz CT molecular complexity index is 560. The molecule has 7 nitrogen and oxygen atoms in total. The van der Waals surface area contributed by atoms with Crippen molar-refractivity contribution < 1.29 is 9.53 Å². The molecule has 1 aliphatic heterocycles. The Hall–Kier alpha value is -0.890. The number of aromatic nitrogens is 3. The molecule has 2 bridgehead atoms. The quantitative estimate of drug-likeness (QED) is 0.822. The topological polar surface area (TPSA) is 86.3 Å². The molecule has 4 rings (SSSR count). The van der Waals surface area contributed by atoms with Crippen molar-refractivity contribution >= 4 is 30.7 Å². The standard InChI is InChI=1S/C17H27N5O2.2ClH/c18-16-12-2-1-3-13(16)7-14(6-12)17(23)21-4-5-24-15(8-21)9-22-11-19-10-20-22;;/h10-16H,1-9,18H2;2*1H. The highest BCUT2D eigenvalue weighted by atomic mass is 35.5. The summed E-state index contributed by atoms with van der Waals surface area (Å²) in [6.07, 6.45) is 8.82. The van der Waals surface area contributed by atoms with E-state index < -0.39 is 0 Å². The lowest BCUT2D eigenvalue weighted by Gasteiger charge is -2.45. The van der Waals surface area contributed by atoms with Gasteiger partial charge in [-0.2, -0.15) is 5.10 Å². The van der Waals surface area contributed by atoms with Crippen LogP contribution < -0.4 is 5.73 Å². The molecule has 26 heavy (non-hydrogen) atoms. The Morgan fingerprint density at radius 2 is 1.96 bits per heavy atom. The lowest BCUT2D eigenvalue weighted by Crippen LogP contribution is -2.53. The van der Waals surface area contributed by atoms with Gasteiger partial charge < -0.3 is 15.4 Å². The Labute approximate surface area is 166 Å². The van der Waals surface area contributed by atoms with Gasteiger partial charge in [-0.15, -0.1) is 24.8 Å². The SMILES string of the molecule is Cl.Cl.NC1C2CCCC1CC(C(=O)N1CCOC(Cn3cncn3)C1)C2. The van der Waals surface area contributed by atoms with Crippen molar-refractivity contribution in [3.63, 3.8) is 0 Å². The van der Waals surface area contributed by atoms with Crippen LogP contribution in [0.25, 0.3) is 0 Å². The number of hydrogen-bond acceptors (Lipinski definition) is 5. The molecule has 0 spiro atoms. The molecule has 1 amide bonds. The number of nitrogens with two attached hydrogens (primary N) is 1. The van der Waals surface area contributed by atoms with Crippen LogP contribution in [0.5, 0.6) is 0 Å². The second-order valence-corrected chi connectivity index (χ2v) is 7.59. The van der Waals surface area contributed by atoms with Crippen molar-refractivity contribution in [2.75, 3.05) is 19.7 Å². The smallest absolute Gasteiger partial charge is 0.225 e. The Kier molecular flexibility index (Phi) is 7.70. The molecule has 3 atom stereocenters. The fourth-order valence-corrected chi connectivity index (χ4v) is 4.81. The average Bonchev–Trinajstić information content (AvgIpc) is 3.07. The van der Waals surface area contributed by atoms with Gasteiger partial charge in [-0.05, 0) is 37.5 Å². The van der Waals surface area contributed by atoms with Gasteiger partial charge in [0.15, 0.2) is 0 Å². The van der Waals surface area contributed by atoms with Gasteiger partial charge in [0, 0.05) is 25.0 Å². The van der Waals surface area contributed by atoms with E-state index in [9.17, 15) is 4.79 Å². The van der Waals surface area contributed by atoms with Crippen molar-refractivity contribution in [3.05, 3.63) is 12.7 Å². The maximum absolute atomic E-state index is 13.0. The number of carbonyl (C=O) groups is 1. The summed E-state index contributed by atoms with van der Waals surface area (Å²) in [6, 6.07) is 0.313. The number of fused-ring (bicyclic) bond motifs is 2. The number of rotatable bonds is 3. The molecule has 2 heterocycles. The largest absolute Gasteiger partial charge is 0.373 e. The maximum atomic E-state index is 13.0. The fraction of sp³-hybridized carbons (Fsp3) is 0.824. The highest BCUT2D eigenvalue weighted by Crippen LogP contribution is 2.42. The second kappa shape index (κ2) is 9.35. The number of carbonyl (C=O) groups excluding carboxylic acids is 1. The predicted octanol–water partition coefficient (Wildman–Crippen LogP) is 1.50. The van der Waals surface area contributed by atoms with Gasteiger partial charge in [0.25, 0.3) is 0 Å². The van der Waals surface area contributed by atoms with E-state index in [0.717, 1.165) is 12.8 Å². The van der Waals surface area contributed by atoms with E-state index in [4.69, 9.17) is 10.5 Å². The minimum Gasteiger partial charge on any atom is -0.373 e. The highest BCUT2D eigenvalue weighted by molar-refractivity contribution is 5.85. The molecule has 2 saturated carbocycles. The van der Waals surface area contributed by atoms with Crippen LogP contribution in [0.3, 0.4) is 0 Å². The average molecular weight is 406 g/mol. The fourth-order valence-electron chi connectivity index (χ4n) is 4.81. The van der Waals surface area contributed by atoms with E-state index in [2.05, 4.69) is 10.1 Å². The van der Waals surface area contributed by atoms with Gasteiger partial charge in [0.05, 0.1) is 19.3 Å². The Morgan fingerprint density at radius 3 is 2.62 bits per heavy atom. The molecule has 3 unspecified atom stereocenters. The zero-order valence-electron chi connectivity index (χ0n) is 14.9. The third-order valence-electron chi connectivity index (χ3n) is 6.07. The summed E-state index contributed by atoms with van der Waals surface area (Å²) in [7, 11) is 0. The van der Waals surface area contributed by atoms with Crippen LogP contribution in [0.1, 0.15) is 32.1 Å². The van der Waals surface area contributed by atoms with Crippen molar-refractivity contribution in [1.29, 1.82) is 0 Å². The molecule has 9 heteroatoms. The summed E-state index contributed by atoms with van der Waals surface area (Å²) >= 11 is 0. The summed E-state index contributed by atoms with van der Waals surface area (Å²) in [5.74, 6) is 1.55. The van der Waals surface area contributed by atoms with Crippen LogP contribution in [0.2, 0.25) is 0 Å². The third kappa shape index (κ3) is 4.50.